The van der Waals surface area contributed by atoms with Crippen molar-refractivity contribution in [2.75, 3.05) is 13.2 Å². The van der Waals surface area contributed by atoms with Crippen LogP contribution in [0.2, 0.25) is 36.3 Å². The molecule has 190 valence electrons. The number of esters is 2. The minimum absolute atomic E-state index is 0.0117. The Morgan fingerprint density at radius 2 is 0.938 bits per heavy atom. The Balaban J connectivity index is 5.96. The van der Waals surface area contributed by atoms with Gasteiger partial charge in [0.25, 0.3) is 0 Å². The summed E-state index contributed by atoms with van der Waals surface area (Å²) in [6.45, 7) is 26.4. The lowest BCUT2D eigenvalue weighted by atomic mass is 10.0. The van der Waals surface area contributed by atoms with Gasteiger partial charge in [-0.15, -0.1) is 0 Å². The summed E-state index contributed by atoms with van der Waals surface area (Å²) in [5.41, 5.74) is 0. The van der Waals surface area contributed by atoms with Crippen LogP contribution in [-0.4, -0.2) is 54.0 Å². The molecule has 0 rings (SSSR count). The molecule has 0 amide bonds. The van der Waals surface area contributed by atoms with Crippen molar-refractivity contribution in [2.24, 2.45) is 0 Å². The van der Waals surface area contributed by atoms with Crippen LogP contribution < -0.4 is 0 Å². The van der Waals surface area contributed by atoms with Crippen LogP contribution in [0, 0.1) is 0 Å². The molecular weight excluding hydrogens is 440 g/mol. The maximum absolute atomic E-state index is 12.2. The lowest BCUT2D eigenvalue weighted by Crippen LogP contribution is -2.52. The van der Waals surface area contributed by atoms with Crippen molar-refractivity contribution >= 4 is 28.6 Å². The fourth-order valence-corrected chi connectivity index (χ4v) is 5.50. The molecule has 0 aliphatic rings. The smallest absolute Gasteiger partial charge is 0.305 e. The van der Waals surface area contributed by atoms with E-state index in [2.05, 4.69) is 67.7 Å². The first-order valence-electron chi connectivity index (χ1n) is 12.0. The van der Waals surface area contributed by atoms with E-state index >= 15 is 0 Å². The molecule has 0 aliphatic carbocycles. The van der Waals surface area contributed by atoms with E-state index in [9.17, 15) is 9.59 Å². The highest BCUT2D eigenvalue weighted by Crippen LogP contribution is 2.41. The van der Waals surface area contributed by atoms with Gasteiger partial charge in [-0.2, -0.15) is 0 Å². The van der Waals surface area contributed by atoms with E-state index in [0.29, 0.717) is 26.1 Å². The Morgan fingerprint density at radius 3 is 1.16 bits per heavy atom. The largest absolute Gasteiger partial charge is 0.466 e. The standard InChI is InChI=1S/C24H50O6Si2/c1-13-27-21(25)17-15-19(29-31(9,10)23(3,4)5)20(16-18-22(26)28-14-2)30-32(11,12)24(6,7)8/h19-20H,13-18H2,1-12H3/t19-,20-/m1/s1. The van der Waals surface area contributed by atoms with E-state index in [1.807, 2.05) is 13.8 Å². The minimum Gasteiger partial charge on any atom is -0.466 e. The van der Waals surface area contributed by atoms with Gasteiger partial charge in [0.15, 0.2) is 16.6 Å². The van der Waals surface area contributed by atoms with E-state index in [1.165, 1.54) is 0 Å². The zero-order chi connectivity index (χ0) is 25.4. The van der Waals surface area contributed by atoms with Crippen molar-refractivity contribution in [3.05, 3.63) is 0 Å². The molecule has 8 heteroatoms. The molecule has 0 aromatic heterocycles. The fourth-order valence-electron chi connectivity index (χ4n) is 2.74. The Kier molecular flexibility index (Phi) is 12.4. The molecule has 0 radical (unpaired) electrons. The first kappa shape index (κ1) is 31.3. The number of ether oxygens (including phenoxy) is 2. The molecule has 0 aromatic rings. The second kappa shape index (κ2) is 12.7. The number of carbonyl (C=O) groups is 2. The summed E-state index contributed by atoms with van der Waals surface area (Å²) >= 11 is 0. The number of rotatable bonds is 13. The lowest BCUT2D eigenvalue weighted by molar-refractivity contribution is -0.145. The zero-order valence-corrected chi connectivity index (χ0v) is 24.8. The normalized spacial score (nSPS) is 15.2. The first-order valence-corrected chi connectivity index (χ1v) is 17.9. The predicted octanol–water partition coefficient (Wildman–Crippen LogP) is 6.45. The molecule has 0 fully saturated rings. The van der Waals surface area contributed by atoms with Gasteiger partial charge in [0, 0.05) is 12.8 Å². The molecule has 0 saturated carbocycles. The molecule has 0 N–H and O–H groups in total. The lowest BCUT2D eigenvalue weighted by Gasteiger charge is -2.45. The van der Waals surface area contributed by atoms with Crippen LogP contribution in [0.1, 0.15) is 81.1 Å². The van der Waals surface area contributed by atoms with Gasteiger partial charge in [0.05, 0.1) is 25.4 Å². The van der Waals surface area contributed by atoms with Gasteiger partial charge in [-0.25, -0.2) is 0 Å². The monoisotopic (exact) mass is 490 g/mol. The van der Waals surface area contributed by atoms with Crippen LogP contribution in [0.25, 0.3) is 0 Å². The molecule has 0 heterocycles. The van der Waals surface area contributed by atoms with Crippen LogP contribution in [0.15, 0.2) is 0 Å². The van der Waals surface area contributed by atoms with Crippen molar-refractivity contribution in [2.45, 2.75) is 130 Å². The molecule has 0 aromatic carbocycles. The van der Waals surface area contributed by atoms with E-state index < -0.39 is 16.6 Å². The third-order valence-corrected chi connectivity index (χ3v) is 15.8. The number of hydrogen-bond donors (Lipinski definition) is 0. The van der Waals surface area contributed by atoms with Crippen LogP contribution in [0.5, 0.6) is 0 Å². The van der Waals surface area contributed by atoms with Crippen LogP contribution >= 0.6 is 0 Å². The number of hydrogen-bond acceptors (Lipinski definition) is 6. The highest BCUT2D eigenvalue weighted by Gasteiger charge is 2.44. The summed E-state index contributed by atoms with van der Waals surface area (Å²) in [6.07, 6.45) is 0.974. The van der Waals surface area contributed by atoms with Gasteiger partial charge in [-0.1, -0.05) is 41.5 Å². The van der Waals surface area contributed by atoms with Crippen LogP contribution in [0.3, 0.4) is 0 Å². The Hall–Kier alpha value is -0.706. The summed E-state index contributed by atoms with van der Waals surface area (Å²) in [5, 5.41) is 0.0235. The average molecular weight is 491 g/mol. The summed E-state index contributed by atoms with van der Waals surface area (Å²) < 4.78 is 24.0. The van der Waals surface area contributed by atoms with Gasteiger partial charge in [0.2, 0.25) is 0 Å². The molecule has 6 nitrogen and oxygen atoms in total. The Labute approximate surface area is 199 Å². The molecule has 32 heavy (non-hydrogen) atoms. The quantitative estimate of drug-likeness (QED) is 0.218. The van der Waals surface area contributed by atoms with E-state index in [4.69, 9.17) is 18.3 Å². The van der Waals surface area contributed by atoms with Crippen molar-refractivity contribution < 1.29 is 27.9 Å². The maximum Gasteiger partial charge on any atom is 0.305 e. The molecule has 0 saturated heterocycles. The van der Waals surface area contributed by atoms with E-state index in [0.717, 1.165) is 0 Å². The van der Waals surface area contributed by atoms with Crippen LogP contribution in [-0.2, 0) is 27.9 Å². The zero-order valence-electron chi connectivity index (χ0n) is 22.8. The Morgan fingerprint density at radius 1 is 0.656 bits per heavy atom. The highest BCUT2D eigenvalue weighted by molar-refractivity contribution is 6.74. The fraction of sp³-hybridized carbons (Fsp3) is 0.917. The average Bonchev–Trinajstić information content (AvgIpc) is 2.60. The molecule has 0 spiro atoms. The van der Waals surface area contributed by atoms with Gasteiger partial charge < -0.3 is 18.3 Å². The second-order valence-electron chi connectivity index (χ2n) is 11.5. The maximum atomic E-state index is 12.2. The third-order valence-electron chi connectivity index (χ3n) is 6.80. The summed E-state index contributed by atoms with van der Waals surface area (Å²) in [7, 11) is -4.29. The molecule has 0 aliphatic heterocycles. The van der Waals surface area contributed by atoms with Crippen LogP contribution in [0.4, 0.5) is 0 Å². The summed E-state index contributed by atoms with van der Waals surface area (Å²) in [6, 6.07) is 0. The van der Waals surface area contributed by atoms with Crippen molar-refractivity contribution in [1.82, 2.24) is 0 Å². The summed E-state index contributed by atoms with van der Waals surface area (Å²) in [4.78, 5) is 24.3. The second-order valence-corrected chi connectivity index (χ2v) is 21.0. The third kappa shape index (κ3) is 10.5. The van der Waals surface area contributed by atoms with E-state index in [1.54, 1.807) is 0 Å². The SMILES string of the molecule is CCOC(=O)CC[C@@H](O[Si](C)(C)C(C)(C)C)[C@@H](CCC(=O)OCC)O[Si](C)(C)C(C)(C)C. The highest BCUT2D eigenvalue weighted by atomic mass is 28.4. The predicted molar refractivity (Wildman–Crippen MR) is 136 cm³/mol. The van der Waals surface area contributed by atoms with Gasteiger partial charge in [-0.05, 0) is 63.0 Å². The van der Waals surface area contributed by atoms with E-state index in [-0.39, 0.29) is 47.1 Å². The minimum atomic E-state index is -2.15. The van der Waals surface area contributed by atoms with Gasteiger partial charge in [0.1, 0.15) is 0 Å². The van der Waals surface area contributed by atoms with Gasteiger partial charge in [-0.3, -0.25) is 9.59 Å². The summed E-state index contributed by atoms with van der Waals surface area (Å²) in [5.74, 6) is -0.458. The molecule has 0 unspecified atom stereocenters. The first-order chi connectivity index (χ1) is 14.4. The molecule has 0 bridgehead atoms. The van der Waals surface area contributed by atoms with Crippen molar-refractivity contribution in [3.8, 4) is 0 Å². The molecular formula is C24H50O6Si2. The topological polar surface area (TPSA) is 71.1 Å². The molecule has 2 atom stereocenters. The van der Waals surface area contributed by atoms with Gasteiger partial charge >= 0.3 is 11.9 Å². The number of carbonyl (C=O) groups excluding carboxylic acids is 2. The van der Waals surface area contributed by atoms with Crippen molar-refractivity contribution in [1.29, 1.82) is 0 Å². The van der Waals surface area contributed by atoms with Crippen molar-refractivity contribution in [3.63, 3.8) is 0 Å². The Bertz CT molecular complexity index is 538.